The van der Waals surface area contributed by atoms with Gasteiger partial charge in [0, 0.05) is 31.9 Å². The summed E-state index contributed by atoms with van der Waals surface area (Å²) in [7, 11) is 4.00. The van der Waals surface area contributed by atoms with E-state index < -0.39 is 0 Å². The number of benzene rings is 1. The minimum absolute atomic E-state index is 0.112. The van der Waals surface area contributed by atoms with Gasteiger partial charge in [-0.15, -0.1) is 5.10 Å². The summed E-state index contributed by atoms with van der Waals surface area (Å²) in [5, 5.41) is 14.4. The van der Waals surface area contributed by atoms with Gasteiger partial charge in [-0.3, -0.25) is 0 Å². The van der Waals surface area contributed by atoms with Gasteiger partial charge in [-0.2, -0.15) is 4.68 Å². The van der Waals surface area contributed by atoms with E-state index in [0.29, 0.717) is 18.9 Å². The maximum atomic E-state index is 12.8. The van der Waals surface area contributed by atoms with Gasteiger partial charge in [0.05, 0.1) is 11.8 Å². The van der Waals surface area contributed by atoms with Crippen LogP contribution in [0.25, 0.3) is 5.69 Å². The zero-order valence-corrected chi connectivity index (χ0v) is 16.1. The van der Waals surface area contributed by atoms with Crippen molar-refractivity contribution in [1.29, 1.82) is 0 Å². The first-order valence-corrected chi connectivity index (χ1v) is 9.20. The predicted molar refractivity (Wildman–Crippen MR) is 102 cm³/mol. The van der Waals surface area contributed by atoms with Gasteiger partial charge in [-0.1, -0.05) is 0 Å². The van der Waals surface area contributed by atoms with Crippen molar-refractivity contribution in [3.05, 3.63) is 30.1 Å². The molecule has 9 heteroatoms. The lowest BCUT2D eigenvalue weighted by Gasteiger charge is -2.27. The Labute approximate surface area is 159 Å². The number of nitrogens with one attached hydrogen (secondary N) is 1. The second-order valence-electron chi connectivity index (χ2n) is 7.00. The summed E-state index contributed by atoms with van der Waals surface area (Å²) in [5.74, 6) is 0.707. The number of hydrogen-bond donors (Lipinski definition) is 1. The molecule has 2 amide bonds. The SMILES string of the molecule is Cc1nnnn1-c1ccc(NC(=O)N(CCN(C)C)C[C@@H]2CCCO2)cc1. The van der Waals surface area contributed by atoms with Gasteiger partial charge < -0.3 is 19.9 Å². The standard InChI is InChI=1S/C18H27N7O2/c1-14-20-21-22-25(14)16-8-6-15(7-9-16)19-18(26)24(11-10-23(2)3)13-17-5-4-12-27-17/h6-9,17H,4-5,10-13H2,1-3H3,(H,19,26)/t17-/m0/s1. The van der Waals surface area contributed by atoms with Crippen LogP contribution in [0, 0.1) is 6.92 Å². The van der Waals surface area contributed by atoms with Gasteiger partial charge in [0.1, 0.15) is 0 Å². The number of tetrazole rings is 1. The van der Waals surface area contributed by atoms with Crippen molar-refractivity contribution >= 4 is 11.7 Å². The molecule has 0 bridgehead atoms. The summed E-state index contributed by atoms with van der Waals surface area (Å²) < 4.78 is 7.35. The average Bonchev–Trinajstić information content (AvgIpc) is 3.30. The number of likely N-dealkylation sites (N-methyl/N-ethyl adjacent to an activating group) is 1. The average molecular weight is 373 g/mol. The second-order valence-corrected chi connectivity index (χ2v) is 7.00. The van der Waals surface area contributed by atoms with Gasteiger partial charge in [-0.05, 0) is 68.6 Å². The quantitative estimate of drug-likeness (QED) is 0.792. The highest BCUT2D eigenvalue weighted by Gasteiger charge is 2.22. The molecule has 1 aromatic carbocycles. The molecule has 2 aromatic rings. The molecule has 0 saturated carbocycles. The van der Waals surface area contributed by atoms with E-state index in [0.717, 1.165) is 37.4 Å². The Hall–Kier alpha value is -2.52. The fourth-order valence-corrected chi connectivity index (χ4v) is 2.99. The summed E-state index contributed by atoms with van der Waals surface area (Å²) in [5.41, 5.74) is 1.58. The van der Waals surface area contributed by atoms with Crippen LogP contribution in [0.1, 0.15) is 18.7 Å². The summed E-state index contributed by atoms with van der Waals surface area (Å²) in [6, 6.07) is 7.35. The summed E-state index contributed by atoms with van der Waals surface area (Å²) in [6.45, 7) is 4.69. The number of aryl methyl sites for hydroxylation is 1. The van der Waals surface area contributed by atoms with Crippen molar-refractivity contribution in [2.45, 2.75) is 25.9 Å². The van der Waals surface area contributed by atoms with E-state index in [1.165, 1.54) is 0 Å². The minimum Gasteiger partial charge on any atom is -0.376 e. The zero-order chi connectivity index (χ0) is 19.2. The lowest BCUT2D eigenvalue weighted by Crippen LogP contribution is -2.43. The van der Waals surface area contributed by atoms with Crippen LogP contribution in [0.2, 0.25) is 0 Å². The number of ether oxygens (including phenoxy) is 1. The number of urea groups is 1. The van der Waals surface area contributed by atoms with E-state index in [4.69, 9.17) is 4.74 Å². The van der Waals surface area contributed by atoms with E-state index in [9.17, 15) is 4.79 Å². The molecule has 0 aliphatic carbocycles. The third kappa shape index (κ3) is 5.24. The molecule has 1 fully saturated rings. The lowest BCUT2D eigenvalue weighted by atomic mass is 10.2. The van der Waals surface area contributed by atoms with E-state index in [-0.39, 0.29) is 12.1 Å². The number of rotatable bonds is 7. The number of hydrogen-bond acceptors (Lipinski definition) is 6. The number of carbonyl (C=O) groups is 1. The Morgan fingerprint density at radius 2 is 2.07 bits per heavy atom. The van der Waals surface area contributed by atoms with Gasteiger partial charge >= 0.3 is 6.03 Å². The first kappa shape index (κ1) is 19.2. The summed E-state index contributed by atoms with van der Waals surface area (Å²) in [6.07, 6.45) is 2.19. The Kier molecular flexibility index (Phi) is 6.36. The monoisotopic (exact) mass is 373 g/mol. The van der Waals surface area contributed by atoms with Crippen molar-refractivity contribution in [3.8, 4) is 5.69 Å². The van der Waals surface area contributed by atoms with E-state index >= 15 is 0 Å². The third-order valence-electron chi connectivity index (χ3n) is 4.54. The van der Waals surface area contributed by atoms with Gasteiger partial charge in [0.2, 0.25) is 0 Å². The number of carbonyl (C=O) groups excluding carboxylic acids is 1. The zero-order valence-electron chi connectivity index (χ0n) is 16.1. The van der Waals surface area contributed by atoms with Gasteiger partial charge in [0.15, 0.2) is 5.82 Å². The first-order chi connectivity index (χ1) is 13.0. The second kappa shape index (κ2) is 8.92. The molecule has 0 radical (unpaired) electrons. The van der Waals surface area contributed by atoms with Crippen molar-refractivity contribution in [2.24, 2.45) is 0 Å². The van der Waals surface area contributed by atoms with Crippen LogP contribution in [0.15, 0.2) is 24.3 Å². The Morgan fingerprint density at radius 3 is 2.67 bits per heavy atom. The van der Waals surface area contributed by atoms with Crippen LogP contribution in [0.4, 0.5) is 10.5 Å². The van der Waals surface area contributed by atoms with Crippen molar-refractivity contribution < 1.29 is 9.53 Å². The van der Waals surface area contributed by atoms with E-state index in [2.05, 4.69) is 25.7 Å². The normalized spacial score (nSPS) is 16.7. The molecule has 1 N–H and O–H groups in total. The molecule has 1 atom stereocenters. The smallest absolute Gasteiger partial charge is 0.321 e. The fourth-order valence-electron chi connectivity index (χ4n) is 2.99. The topological polar surface area (TPSA) is 88.4 Å². The Morgan fingerprint density at radius 1 is 1.30 bits per heavy atom. The molecule has 0 unspecified atom stereocenters. The predicted octanol–water partition coefficient (Wildman–Crippen LogP) is 1.55. The highest BCUT2D eigenvalue weighted by atomic mass is 16.5. The van der Waals surface area contributed by atoms with E-state index in [1.807, 2.05) is 50.2 Å². The molecule has 1 aliphatic rings. The van der Waals surface area contributed by atoms with Crippen molar-refractivity contribution in [3.63, 3.8) is 0 Å². The Bertz CT molecular complexity index is 738. The largest absolute Gasteiger partial charge is 0.376 e. The molecular formula is C18H27N7O2. The van der Waals surface area contributed by atoms with Crippen LogP contribution in [0.3, 0.4) is 0 Å². The number of aromatic nitrogens is 4. The van der Waals surface area contributed by atoms with Crippen molar-refractivity contribution in [2.75, 3.05) is 45.7 Å². The van der Waals surface area contributed by atoms with Crippen LogP contribution in [0.5, 0.6) is 0 Å². The molecule has 1 saturated heterocycles. The molecule has 2 heterocycles. The molecule has 0 spiro atoms. The maximum absolute atomic E-state index is 12.8. The highest BCUT2D eigenvalue weighted by molar-refractivity contribution is 5.89. The summed E-state index contributed by atoms with van der Waals surface area (Å²) in [4.78, 5) is 16.7. The maximum Gasteiger partial charge on any atom is 0.321 e. The van der Waals surface area contributed by atoms with Gasteiger partial charge in [-0.25, -0.2) is 4.79 Å². The Balaban J connectivity index is 1.63. The molecule has 146 valence electrons. The molecule has 1 aliphatic heterocycles. The molecular weight excluding hydrogens is 346 g/mol. The van der Waals surface area contributed by atoms with E-state index in [1.54, 1.807) is 4.68 Å². The van der Waals surface area contributed by atoms with Gasteiger partial charge in [0.25, 0.3) is 0 Å². The van der Waals surface area contributed by atoms with Crippen LogP contribution in [-0.4, -0.2) is 82.5 Å². The number of anilines is 1. The van der Waals surface area contributed by atoms with Crippen LogP contribution < -0.4 is 5.32 Å². The molecule has 1 aromatic heterocycles. The van der Waals surface area contributed by atoms with Crippen LogP contribution in [-0.2, 0) is 4.74 Å². The third-order valence-corrected chi connectivity index (χ3v) is 4.54. The van der Waals surface area contributed by atoms with Crippen molar-refractivity contribution in [1.82, 2.24) is 30.0 Å². The molecule has 9 nitrogen and oxygen atoms in total. The highest BCUT2D eigenvalue weighted by Crippen LogP contribution is 2.16. The lowest BCUT2D eigenvalue weighted by molar-refractivity contribution is 0.0820. The number of nitrogens with zero attached hydrogens (tertiary/aromatic N) is 6. The first-order valence-electron chi connectivity index (χ1n) is 9.20. The number of amides is 2. The fraction of sp³-hybridized carbons (Fsp3) is 0.556. The molecule has 3 rings (SSSR count). The molecule has 27 heavy (non-hydrogen) atoms. The van der Waals surface area contributed by atoms with Crippen LogP contribution >= 0.6 is 0 Å². The summed E-state index contributed by atoms with van der Waals surface area (Å²) >= 11 is 0. The minimum atomic E-state index is -0.112.